The summed E-state index contributed by atoms with van der Waals surface area (Å²) in [6.07, 6.45) is 3.06. The lowest BCUT2D eigenvalue weighted by Gasteiger charge is -2.48. The number of rotatable bonds is 4. The van der Waals surface area contributed by atoms with Gasteiger partial charge in [-0.25, -0.2) is 0 Å². The van der Waals surface area contributed by atoms with Gasteiger partial charge in [-0.1, -0.05) is 36.4 Å². The SMILES string of the molecule is C[C@]12CCC(=O)N1c1ccccc1C(=O)N2CCC(=O)N[C@@H]1CCc2ccccc21. The molecule has 30 heavy (non-hydrogen) atoms. The van der Waals surface area contributed by atoms with Gasteiger partial charge in [0.15, 0.2) is 0 Å². The van der Waals surface area contributed by atoms with Crippen molar-refractivity contribution < 1.29 is 14.4 Å². The largest absolute Gasteiger partial charge is 0.349 e. The van der Waals surface area contributed by atoms with E-state index in [1.165, 1.54) is 11.1 Å². The van der Waals surface area contributed by atoms with Crippen molar-refractivity contribution in [3.8, 4) is 0 Å². The second-order valence-electron chi connectivity index (χ2n) is 8.53. The average Bonchev–Trinajstić information content (AvgIpc) is 3.29. The number of carbonyl (C=O) groups excluding carboxylic acids is 3. The quantitative estimate of drug-likeness (QED) is 0.852. The van der Waals surface area contributed by atoms with Crippen molar-refractivity contribution in [2.75, 3.05) is 11.4 Å². The fraction of sp³-hybridized carbons (Fsp3) is 0.375. The third-order valence-electron chi connectivity index (χ3n) is 6.78. The highest BCUT2D eigenvalue weighted by Gasteiger charge is 2.52. The van der Waals surface area contributed by atoms with E-state index in [0.717, 1.165) is 12.8 Å². The smallest absolute Gasteiger partial charge is 0.257 e. The zero-order valence-electron chi connectivity index (χ0n) is 17.1. The number of nitrogens with zero attached hydrogens (tertiary/aromatic N) is 2. The van der Waals surface area contributed by atoms with Crippen molar-refractivity contribution in [1.29, 1.82) is 0 Å². The Morgan fingerprint density at radius 2 is 1.87 bits per heavy atom. The molecule has 0 saturated carbocycles. The molecule has 1 saturated heterocycles. The minimum absolute atomic E-state index is 0.0227. The van der Waals surface area contributed by atoms with E-state index in [1.807, 2.05) is 37.3 Å². The molecule has 0 aromatic heterocycles. The molecule has 2 aromatic carbocycles. The van der Waals surface area contributed by atoms with Crippen molar-refractivity contribution in [3.63, 3.8) is 0 Å². The molecule has 5 rings (SSSR count). The van der Waals surface area contributed by atoms with Gasteiger partial charge in [0.05, 0.1) is 17.3 Å². The Kier molecular flexibility index (Phi) is 4.38. The molecule has 3 aliphatic rings. The van der Waals surface area contributed by atoms with Crippen LogP contribution < -0.4 is 10.2 Å². The average molecular weight is 403 g/mol. The number of benzene rings is 2. The third-order valence-corrected chi connectivity index (χ3v) is 6.78. The summed E-state index contributed by atoms with van der Waals surface area (Å²) in [6, 6.07) is 15.5. The summed E-state index contributed by atoms with van der Waals surface area (Å²) in [6.45, 7) is 2.21. The molecular weight excluding hydrogens is 378 g/mol. The Bertz CT molecular complexity index is 1050. The number of carbonyl (C=O) groups is 3. The molecule has 6 heteroatoms. The summed E-state index contributed by atoms with van der Waals surface area (Å²) in [4.78, 5) is 42.1. The number of hydrogen-bond acceptors (Lipinski definition) is 3. The molecule has 2 atom stereocenters. The second kappa shape index (κ2) is 6.97. The molecule has 1 N–H and O–H groups in total. The molecule has 0 unspecified atom stereocenters. The minimum atomic E-state index is -0.719. The van der Waals surface area contributed by atoms with Crippen LogP contribution in [0.2, 0.25) is 0 Å². The minimum Gasteiger partial charge on any atom is -0.349 e. The first-order valence-corrected chi connectivity index (χ1v) is 10.6. The number of aryl methyl sites for hydroxylation is 1. The van der Waals surface area contributed by atoms with Gasteiger partial charge < -0.3 is 10.2 Å². The predicted octanol–water partition coefficient (Wildman–Crippen LogP) is 3.18. The monoisotopic (exact) mass is 403 g/mol. The maximum atomic E-state index is 13.2. The van der Waals surface area contributed by atoms with Crippen molar-refractivity contribution in [2.24, 2.45) is 0 Å². The van der Waals surface area contributed by atoms with Crippen LogP contribution in [0.1, 0.15) is 60.1 Å². The highest BCUT2D eigenvalue weighted by Crippen LogP contribution is 2.44. The van der Waals surface area contributed by atoms with Crippen molar-refractivity contribution >= 4 is 23.4 Å². The number of fused-ring (bicyclic) bond motifs is 4. The van der Waals surface area contributed by atoms with E-state index in [2.05, 4.69) is 17.4 Å². The lowest BCUT2D eigenvalue weighted by Crippen LogP contribution is -2.62. The van der Waals surface area contributed by atoms with Crippen LogP contribution in [0.5, 0.6) is 0 Å². The molecule has 1 fully saturated rings. The molecule has 0 spiro atoms. The summed E-state index contributed by atoms with van der Waals surface area (Å²) >= 11 is 0. The van der Waals surface area contributed by atoms with Gasteiger partial charge in [-0.15, -0.1) is 0 Å². The number of para-hydroxylation sites is 1. The van der Waals surface area contributed by atoms with E-state index >= 15 is 0 Å². The highest BCUT2D eigenvalue weighted by atomic mass is 16.2. The molecule has 154 valence electrons. The Labute approximate surface area is 175 Å². The Balaban J connectivity index is 1.33. The fourth-order valence-electron chi connectivity index (χ4n) is 5.23. The molecule has 1 aliphatic carbocycles. The topological polar surface area (TPSA) is 69.7 Å². The number of nitrogens with one attached hydrogen (secondary N) is 1. The first-order valence-electron chi connectivity index (χ1n) is 10.6. The zero-order chi connectivity index (χ0) is 20.9. The summed E-state index contributed by atoms with van der Waals surface area (Å²) in [5.74, 6) is -0.157. The zero-order valence-corrected chi connectivity index (χ0v) is 17.1. The standard InChI is InChI=1S/C24H25N3O3/c1-24-14-12-22(29)27(24)20-9-5-4-8-18(20)23(30)26(24)15-13-21(28)25-19-11-10-16-6-2-3-7-17(16)19/h2-9,19H,10-15H2,1H3,(H,25,28)/t19-,24-/m1/s1. The molecule has 0 radical (unpaired) electrons. The summed E-state index contributed by atoms with van der Waals surface area (Å²) in [5.41, 5.74) is 2.96. The fourth-order valence-corrected chi connectivity index (χ4v) is 5.23. The van der Waals surface area contributed by atoms with Crippen molar-refractivity contribution in [1.82, 2.24) is 10.2 Å². The molecule has 2 heterocycles. The van der Waals surface area contributed by atoms with E-state index in [9.17, 15) is 14.4 Å². The maximum absolute atomic E-state index is 13.2. The van der Waals surface area contributed by atoms with E-state index < -0.39 is 5.66 Å². The van der Waals surface area contributed by atoms with Gasteiger partial charge >= 0.3 is 0 Å². The number of hydrogen-bond donors (Lipinski definition) is 1. The summed E-state index contributed by atoms with van der Waals surface area (Å²) < 4.78 is 0. The van der Waals surface area contributed by atoms with E-state index in [4.69, 9.17) is 0 Å². The normalized spacial score (nSPS) is 24.5. The van der Waals surface area contributed by atoms with Crippen LogP contribution in [0.3, 0.4) is 0 Å². The number of amides is 3. The van der Waals surface area contributed by atoms with Gasteiger partial charge in [-0.2, -0.15) is 0 Å². The van der Waals surface area contributed by atoms with Gasteiger partial charge in [0, 0.05) is 19.4 Å². The van der Waals surface area contributed by atoms with Gasteiger partial charge in [-0.3, -0.25) is 19.3 Å². The van der Waals surface area contributed by atoms with E-state index in [0.29, 0.717) is 24.1 Å². The predicted molar refractivity (Wildman–Crippen MR) is 113 cm³/mol. The van der Waals surface area contributed by atoms with Crippen LogP contribution >= 0.6 is 0 Å². The molecule has 2 aromatic rings. The Hall–Kier alpha value is -3.15. The lowest BCUT2D eigenvalue weighted by molar-refractivity contribution is -0.122. The van der Waals surface area contributed by atoms with E-state index in [-0.39, 0.29) is 36.7 Å². The van der Waals surface area contributed by atoms with Crippen LogP contribution in [0.15, 0.2) is 48.5 Å². The first kappa shape index (κ1) is 18.9. The van der Waals surface area contributed by atoms with Crippen LogP contribution in [0.4, 0.5) is 5.69 Å². The first-order chi connectivity index (χ1) is 14.5. The van der Waals surface area contributed by atoms with E-state index in [1.54, 1.807) is 15.9 Å². The maximum Gasteiger partial charge on any atom is 0.257 e. The van der Waals surface area contributed by atoms with Gasteiger partial charge in [0.1, 0.15) is 5.66 Å². The molecular formula is C24H25N3O3. The van der Waals surface area contributed by atoms with Gasteiger partial charge in [-0.05, 0) is 49.4 Å². The summed E-state index contributed by atoms with van der Waals surface area (Å²) in [7, 11) is 0. The molecule has 3 amide bonds. The highest BCUT2D eigenvalue weighted by molar-refractivity contribution is 6.10. The molecule has 6 nitrogen and oxygen atoms in total. The van der Waals surface area contributed by atoms with Crippen LogP contribution in [0.25, 0.3) is 0 Å². The second-order valence-corrected chi connectivity index (χ2v) is 8.53. The van der Waals surface area contributed by atoms with Crippen molar-refractivity contribution in [3.05, 3.63) is 65.2 Å². The Morgan fingerprint density at radius 3 is 2.73 bits per heavy atom. The third kappa shape index (κ3) is 2.82. The lowest BCUT2D eigenvalue weighted by atomic mass is 9.98. The summed E-state index contributed by atoms with van der Waals surface area (Å²) in [5, 5.41) is 3.13. The van der Waals surface area contributed by atoms with Crippen LogP contribution in [0, 0.1) is 0 Å². The Morgan fingerprint density at radius 1 is 1.10 bits per heavy atom. The molecule has 2 aliphatic heterocycles. The number of anilines is 1. The van der Waals surface area contributed by atoms with Crippen molar-refractivity contribution in [2.45, 2.75) is 50.7 Å². The van der Waals surface area contributed by atoms with Gasteiger partial charge in [0.2, 0.25) is 11.8 Å². The van der Waals surface area contributed by atoms with Crippen LogP contribution in [-0.4, -0.2) is 34.8 Å². The molecule has 0 bridgehead atoms. The van der Waals surface area contributed by atoms with Crippen LogP contribution in [-0.2, 0) is 16.0 Å². The van der Waals surface area contributed by atoms with Gasteiger partial charge in [0.25, 0.3) is 5.91 Å².